The summed E-state index contributed by atoms with van der Waals surface area (Å²) < 4.78 is 77.9. The van der Waals surface area contributed by atoms with E-state index in [1.807, 2.05) is 11.8 Å². The van der Waals surface area contributed by atoms with Crippen LogP contribution in [0.3, 0.4) is 0 Å². The Morgan fingerprint density at radius 1 is 1.06 bits per heavy atom. The van der Waals surface area contributed by atoms with E-state index in [1.165, 1.54) is 0 Å². The molecule has 32 heavy (non-hydrogen) atoms. The number of halogens is 6. The number of amides is 2. The van der Waals surface area contributed by atoms with Crippen LogP contribution in [0, 0.1) is 5.92 Å². The number of hydrogen-bond acceptors (Lipinski definition) is 3. The molecule has 0 spiro atoms. The van der Waals surface area contributed by atoms with Crippen LogP contribution in [0.25, 0.3) is 0 Å². The van der Waals surface area contributed by atoms with Crippen molar-refractivity contribution in [3.8, 4) is 0 Å². The molecule has 1 aliphatic rings. The summed E-state index contributed by atoms with van der Waals surface area (Å²) in [5.74, 6) is -1.13. The van der Waals surface area contributed by atoms with Gasteiger partial charge in [-0.25, -0.2) is 0 Å². The molecule has 0 saturated heterocycles. The lowest BCUT2D eigenvalue weighted by Gasteiger charge is -2.21. The Bertz CT molecular complexity index is 773. The molecule has 11 heteroatoms. The van der Waals surface area contributed by atoms with Crippen LogP contribution in [0.2, 0.25) is 0 Å². The van der Waals surface area contributed by atoms with Crippen LogP contribution in [0.15, 0.2) is 18.2 Å². The van der Waals surface area contributed by atoms with E-state index in [0.29, 0.717) is 31.5 Å². The van der Waals surface area contributed by atoms with E-state index in [9.17, 15) is 35.9 Å². The second kappa shape index (κ2) is 10.5. The molecule has 0 heterocycles. The fraction of sp³-hybridized carbons (Fsp3) is 0.619. The molecule has 2 amide bonds. The number of nitrogens with one attached hydrogen (secondary N) is 2. The zero-order valence-corrected chi connectivity index (χ0v) is 17.9. The number of rotatable bonds is 10. The Morgan fingerprint density at radius 2 is 1.62 bits per heavy atom. The monoisotopic (exact) mass is 467 g/mol. The predicted octanol–water partition coefficient (Wildman–Crippen LogP) is 4.08. The Kier molecular flexibility index (Phi) is 8.55. The average molecular weight is 467 g/mol. The minimum absolute atomic E-state index is 0.0131. The number of nitrogens with zero attached hydrogens (tertiary/aromatic N) is 1. The first-order valence-corrected chi connectivity index (χ1v) is 10.3. The third-order valence-corrected chi connectivity index (χ3v) is 5.25. The predicted molar refractivity (Wildman–Crippen MR) is 106 cm³/mol. The van der Waals surface area contributed by atoms with Crippen LogP contribution in [0.4, 0.5) is 26.3 Å². The van der Waals surface area contributed by atoms with Crippen molar-refractivity contribution in [1.82, 2.24) is 15.5 Å². The van der Waals surface area contributed by atoms with Crippen molar-refractivity contribution in [3.05, 3.63) is 34.9 Å². The Balaban J connectivity index is 1.93. The molecule has 1 unspecified atom stereocenters. The lowest BCUT2D eigenvalue weighted by molar-refractivity contribution is -0.143. The summed E-state index contributed by atoms with van der Waals surface area (Å²) in [6.45, 7) is 2.73. The second-order valence-electron chi connectivity index (χ2n) is 8.15. The van der Waals surface area contributed by atoms with Gasteiger partial charge in [0.15, 0.2) is 0 Å². The van der Waals surface area contributed by atoms with E-state index in [0.717, 1.165) is 12.8 Å². The van der Waals surface area contributed by atoms with Crippen LogP contribution in [-0.4, -0.2) is 49.4 Å². The summed E-state index contributed by atoms with van der Waals surface area (Å²) in [7, 11) is 1.78. The lowest BCUT2D eigenvalue weighted by atomic mass is 10.0. The van der Waals surface area contributed by atoms with Crippen molar-refractivity contribution in [1.29, 1.82) is 0 Å². The van der Waals surface area contributed by atoms with E-state index in [-0.39, 0.29) is 37.0 Å². The highest BCUT2D eigenvalue weighted by Crippen LogP contribution is 2.36. The minimum Gasteiger partial charge on any atom is -0.352 e. The lowest BCUT2D eigenvalue weighted by Crippen LogP contribution is -2.37. The van der Waals surface area contributed by atoms with Crippen LogP contribution in [0.5, 0.6) is 0 Å². The van der Waals surface area contributed by atoms with Gasteiger partial charge in [-0.3, -0.25) is 14.5 Å². The van der Waals surface area contributed by atoms with Gasteiger partial charge in [0.1, 0.15) is 0 Å². The number of hydrogen-bond donors (Lipinski definition) is 2. The van der Waals surface area contributed by atoms with E-state index in [4.69, 9.17) is 0 Å². The number of alkyl halides is 6. The highest BCUT2D eigenvalue weighted by atomic mass is 19.4. The maximum absolute atomic E-state index is 13.0. The molecule has 0 bridgehead atoms. The molecule has 1 atom stereocenters. The number of likely N-dealkylation sites (N-methyl/N-ethyl adjacent to an activating group) is 1. The van der Waals surface area contributed by atoms with Crippen molar-refractivity contribution < 1.29 is 35.9 Å². The fourth-order valence-electron chi connectivity index (χ4n) is 3.10. The topological polar surface area (TPSA) is 61.4 Å². The largest absolute Gasteiger partial charge is 0.416 e. The van der Waals surface area contributed by atoms with Gasteiger partial charge in [-0.05, 0) is 57.0 Å². The Hall–Kier alpha value is -2.30. The standard InChI is InChI=1S/C21H27F6N3O2/c1-3-13(6-7-30(2)12-18(31)29-17-4-5-17)11-28-19(32)14-8-15(20(22,23)24)10-16(9-14)21(25,26)27/h8-10,13,17H,3-7,11-12H2,1-2H3,(H,28,32)(H,29,31). The highest BCUT2D eigenvalue weighted by Gasteiger charge is 2.37. The van der Waals surface area contributed by atoms with Gasteiger partial charge < -0.3 is 10.6 Å². The molecule has 180 valence electrons. The average Bonchev–Trinajstić information content (AvgIpc) is 3.49. The molecule has 1 fully saturated rings. The maximum atomic E-state index is 13.0. The van der Waals surface area contributed by atoms with Gasteiger partial charge in [0.05, 0.1) is 17.7 Å². The molecular weight excluding hydrogens is 440 g/mol. The highest BCUT2D eigenvalue weighted by molar-refractivity contribution is 5.94. The minimum atomic E-state index is -5.02. The molecule has 1 aromatic carbocycles. The third kappa shape index (κ3) is 8.33. The second-order valence-corrected chi connectivity index (χ2v) is 8.15. The molecule has 0 radical (unpaired) electrons. The molecule has 2 N–H and O–H groups in total. The van der Waals surface area contributed by atoms with Gasteiger partial charge in [-0.1, -0.05) is 13.3 Å². The molecule has 2 rings (SSSR count). The molecule has 1 aliphatic carbocycles. The summed E-state index contributed by atoms with van der Waals surface area (Å²) in [6, 6.07) is 1.08. The number of carbonyl (C=O) groups is 2. The molecular formula is C21H27F6N3O2. The van der Waals surface area contributed by atoms with Crippen molar-refractivity contribution in [2.45, 2.75) is 51.0 Å². The Morgan fingerprint density at radius 3 is 2.09 bits per heavy atom. The summed E-state index contributed by atoms with van der Waals surface area (Å²) in [4.78, 5) is 25.9. The van der Waals surface area contributed by atoms with Crippen molar-refractivity contribution in [2.75, 3.05) is 26.7 Å². The van der Waals surface area contributed by atoms with Crippen molar-refractivity contribution in [2.24, 2.45) is 5.92 Å². The summed E-state index contributed by atoms with van der Waals surface area (Å²) in [5.41, 5.74) is -3.76. The Labute approximate surface area is 182 Å². The van der Waals surface area contributed by atoms with E-state index < -0.39 is 35.0 Å². The van der Waals surface area contributed by atoms with Crippen molar-refractivity contribution in [3.63, 3.8) is 0 Å². The van der Waals surface area contributed by atoms with Crippen LogP contribution in [-0.2, 0) is 17.1 Å². The van der Waals surface area contributed by atoms with Gasteiger partial charge in [0.2, 0.25) is 5.91 Å². The normalized spacial score (nSPS) is 15.5. The molecule has 0 aromatic heterocycles. The van der Waals surface area contributed by atoms with Crippen LogP contribution >= 0.6 is 0 Å². The molecule has 1 saturated carbocycles. The molecule has 5 nitrogen and oxygen atoms in total. The van der Waals surface area contributed by atoms with Gasteiger partial charge in [0.25, 0.3) is 5.91 Å². The van der Waals surface area contributed by atoms with E-state index in [1.54, 1.807) is 7.05 Å². The summed E-state index contributed by atoms with van der Waals surface area (Å²) in [6.07, 6.45) is -6.82. The summed E-state index contributed by atoms with van der Waals surface area (Å²) >= 11 is 0. The fourth-order valence-corrected chi connectivity index (χ4v) is 3.10. The first-order chi connectivity index (χ1) is 14.8. The quantitative estimate of drug-likeness (QED) is 0.510. The first kappa shape index (κ1) is 26.0. The number of benzene rings is 1. The third-order valence-electron chi connectivity index (χ3n) is 5.25. The molecule has 0 aliphatic heterocycles. The SMILES string of the molecule is CCC(CCN(C)CC(=O)NC1CC1)CNC(=O)c1cc(C(F)(F)F)cc(C(F)(F)F)c1. The van der Waals surface area contributed by atoms with Crippen LogP contribution < -0.4 is 10.6 Å². The number of carbonyl (C=O) groups excluding carboxylic acids is 2. The van der Waals surface area contributed by atoms with Gasteiger partial charge in [0, 0.05) is 18.2 Å². The van der Waals surface area contributed by atoms with Crippen LogP contribution in [0.1, 0.15) is 54.1 Å². The van der Waals surface area contributed by atoms with Gasteiger partial charge >= 0.3 is 12.4 Å². The van der Waals surface area contributed by atoms with Crippen molar-refractivity contribution >= 4 is 11.8 Å². The maximum Gasteiger partial charge on any atom is 0.416 e. The zero-order chi connectivity index (χ0) is 24.1. The van der Waals surface area contributed by atoms with E-state index in [2.05, 4.69) is 10.6 Å². The van der Waals surface area contributed by atoms with Gasteiger partial charge in [-0.15, -0.1) is 0 Å². The van der Waals surface area contributed by atoms with Gasteiger partial charge in [-0.2, -0.15) is 26.3 Å². The molecule has 1 aromatic rings. The first-order valence-electron chi connectivity index (χ1n) is 10.3. The van der Waals surface area contributed by atoms with E-state index >= 15 is 0 Å². The summed E-state index contributed by atoms with van der Waals surface area (Å²) in [5, 5.41) is 5.31. The smallest absolute Gasteiger partial charge is 0.352 e. The zero-order valence-electron chi connectivity index (χ0n) is 17.9.